The zero-order chi connectivity index (χ0) is 14.8. The van der Waals surface area contributed by atoms with E-state index in [9.17, 15) is 4.79 Å². The Kier molecular flexibility index (Phi) is 4.02. The van der Waals surface area contributed by atoms with Gasteiger partial charge in [0.05, 0.1) is 5.25 Å². The molecule has 0 radical (unpaired) electrons. The maximum absolute atomic E-state index is 12.4. The highest BCUT2D eigenvalue weighted by Gasteiger charge is 2.28. The Balaban J connectivity index is 1.70. The van der Waals surface area contributed by atoms with Crippen molar-refractivity contribution in [2.24, 2.45) is 0 Å². The van der Waals surface area contributed by atoms with E-state index in [1.807, 2.05) is 12.1 Å². The summed E-state index contributed by atoms with van der Waals surface area (Å²) >= 11 is 1.68. The molecule has 1 aliphatic rings. The first kappa shape index (κ1) is 14.2. The summed E-state index contributed by atoms with van der Waals surface area (Å²) in [5, 5.41) is 3.03. The second-order valence-electron chi connectivity index (χ2n) is 5.46. The molecule has 1 amide bonds. The first-order valence-corrected chi connectivity index (χ1v) is 8.19. The molecular formula is C18H19NOS. The minimum Gasteiger partial charge on any atom is -0.325 e. The molecule has 0 saturated carbocycles. The first-order valence-electron chi connectivity index (χ1n) is 7.31. The van der Waals surface area contributed by atoms with E-state index in [0.29, 0.717) is 0 Å². The molecule has 0 bridgehead atoms. The second kappa shape index (κ2) is 5.94. The highest BCUT2D eigenvalue weighted by molar-refractivity contribution is 8.01. The Morgan fingerprint density at radius 1 is 1.29 bits per heavy atom. The van der Waals surface area contributed by atoms with Gasteiger partial charge in [0.25, 0.3) is 0 Å². The third-order valence-corrected chi connectivity index (χ3v) is 5.09. The summed E-state index contributed by atoms with van der Waals surface area (Å²) in [6, 6.07) is 14.5. The number of thioether (sulfide) groups is 1. The van der Waals surface area contributed by atoms with Crippen LogP contribution >= 0.6 is 11.8 Å². The van der Waals surface area contributed by atoms with E-state index in [0.717, 1.165) is 18.5 Å². The molecule has 2 aromatic carbocycles. The van der Waals surface area contributed by atoms with Crippen molar-refractivity contribution in [2.45, 2.75) is 36.8 Å². The Morgan fingerprint density at radius 3 is 2.95 bits per heavy atom. The van der Waals surface area contributed by atoms with Crippen LogP contribution in [-0.2, 0) is 17.6 Å². The van der Waals surface area contributed by atoms with Crippen LogP contribution in [0.5, 0.6) is 0 Å². The number of hydrogen-bond donors (Lipinski definition) is 1. The number of amides is 1. The molecule has 21 heavy (non-hydrogen) atoms. The third kappa shape index (κ3) is 3.13. The highest BCUT2D eigenvalue weighted by atomic mass is 32.2. The number of fused-ring (bicyclic) bond motifs is 1. The van der Waals surface area contributed by atoms with E-state index >= 15 is 0 Å². The summed E-state index contributed by atoms with van der Waals surface area (Å²) in [7, 11) is 0. The number of aryl methyl sites for hydroxylation is 2. The second-order valence-corrected chi connectivity index (χ2v) is 6.71. The molecule has 1 heterocycles. The number of carbonyl (C=O) groups is 1. The summed E-state index contributed by atoms with van der Waals surface area (Å²) < 4.78 is 0. The lowest BCUT2D eigenvalue weighted by atomic mass is 10.1. The van der Waals surface area contributed by atoms with E-state index in [1.165, 1.54) is 21.6 Å². The van der Waals surface area contributed by atoms with Gasteiger partial charge in [0.15, 0.2) is 0 Å². The van der Waals surface area contributed by atoms with Crippen LogP contribution < -0.4 is 5.32 Å². The molecule has 1 N–H and O–H groups in total. The van der Waals surface area contributed by atoms with Crippen LogP contribution in [0.3, 0.4) is 0 Å². The lowest BCUT2D eigenvalue weighted by molar-refractivity contribution is -0.115. The SMILES string of the molecule is CCc1cccc(NC(=O)[C@H]2Cc3ccc(C)cc3S2)c1. The van der Waals surface area contributed by atoms with Gasteiger partial charge in [0.1, 0.15) is 0 Å². The lowest BCUT2D eigenvalue weighted by Crippen LogP contribution is -2.24. The minimum atomic E-state index is -0.0212. The van der Waals surface area contributed by atoms with Gasteiger partial charge in [-0.3, -0.25) is 4.79 Å². The predicted molar refractivity (Wildman–Crippen MR) is 89.0 cm³/mol. The molecule has 1 aliphatic heterocycles. The van der Waals surface area contributed by atoms with Gasteiger partial charge in [0.2, 0.25) is 5.91 Å². The van der Waals surface area contributed by atoms with Gasteiger partial charge in [-0.15, -0.1) is 11.8 Å². The van der Waals surface area contributed by atoms with Crippen LogP contribution in [0.15, 0.2) is 47.4 Å². The van der Waals surface area contributed by atoms with Crippen molar-refractivity contribution in [1.29, 1.82) is 0 Å². The molecule has 2 nitrogen and oxygen atoms in total. The Hall–Kier alpha value is -1.74. The van der Waals surface area contributed by atoms with Crippen LogP contribution in [-0.4, -0.2) is 11.2 Å². The average Bonchev–Trinajstić information content (AvgIpc) is 2.90. The molecule has 0 aliphatic carbocycles. The molecule has 1 atom stereocenters. The monoisotopic (exact) mass is 297 g/mol. The number of anilines is 1. The van der Waals surface area contributed by atoms with E-state index in [-0.39, 0.29) is 11.2 Å². The van der Waals surface area contributed by atoms with Crippen molar-refractivity contribution in [3.63, 3.8) is 0 Å². The standard InChI is InChI=1S/C18H19NOS/c1-3-13-5-4-6-15(10-13)19-18(20)17-11-14-8-7-12(2)9-16(14)21-17/h4-10,17H,3,11H2,1-2H3,(H,19,20)/t17-/m1/s1. The normalized spacial score (nSPS) is 16.6. The predicted octanol–water partition coefficient (Wildman–Crippen LogP) is 4.21. The molecule has 0 fully saturated rings. The van der Waals surface area contributed by atoms with Gasteiger partial charge in [-0.2, -0.15) is 0 Å². The molecule has 0 unspecified atom stereocenters. The van der Waals surface area contributed by atoms with Crippen molar-refractivity contribution in [3.8, 4) is 0 Å². The summed E-state index contributed by atoms with van der Waals surface area (Å²) in [6.45, 7) is 4.21. The molecule has 108 valence electrons. The van der Waals surface area contributed by atoms with Crippen LogP contribution in [0.2, 0.25) is 0 Å². The summed E-state index contributed by atoms with van der Waals surface area (Å²) in [5.41, 5.74) is 4.67. The number of hydrogen-bond acceptors (Lipinski definition) is 2. The smallest absolute Gasteiger partial charge is 0.238 e. The fraction of sp³-hybridized carbons (Fsp3) is 0.278. The zero-order valence-electron chi connectivity index (χ0n) is 12.3. The van der Waals surface area contributed by atoms with Crippen molar-refractivity contribution in [2.75, 3.05) is 5.32 Å². The van der Waals surface area contributed by atoms with Gasteiger partial charge in [0, 0.05) is 10.6 Å². The number of benzene rings is 2. The van der Waals surface area contributed by atoms with Crippen molar-refractivity contribution in [1.82, 2.24) is 0 Å². The molecular weight excluding hydrogens is 278 g/mol. The molecule has 0 aromatic heterocycles. The van der Waals surface area contributed by atoms with Crippen molar-refractivity contribution in [3.05, 3.63) is 59.2 Å². The van der Waals surface area contributed by atoms with Crippen molar-refractivity contribution < 1.29 is 4.79 Å². The average molecular weight is 297 g/mol. The van der Waals surface area contributed by atoms with Gasteiger partial charge in [-0.1, -0.05) is 36.8 Å². The maximum atomic E-state index is 12.4. The number of rotatable bonds is 3. The van der Waals surface area contributed by atoms with Crippen LogP contribution in [0.25, 0.3) is 0 Å². The molecule has 3 heteroatoms. The van der Waals surface area contributed by atoms with E-state index < -0.39 is 0 Å². The van der Waals surface area contributed by atoms with E-state index in [2.05, 4.69) is 49.5 Å². The maximum Gasteiger partial charge on any atom is 0.238 e. The van der Waals surface area contributed by atoms with Gasteiger partial charge >= 0.3 is 0 Å². The fourth-order valence-electron chi connectivity index (χ4n) is 2.57. The van der Waals surface area contributed by atoms with Gasteiger partial charge < -0.3 is 5.32 Å². The lowest BCUT2D eigenvalue weighted by Gasteiger charge is -2.10. The number of carbonyl (C=O) groups excluding carboxylic acids is 1. The summed E-state index contributed by atoms with van der Waals surface area (Å²) in [6.07, 6.45) is 1.80. The topological polar surface area (TPSA) is 29.1 Å². The van der Waals surface area contributed by atoms with Crippen LogP contribution in [0.1, 0.15) is 23.6 Å². The molecule has 0 saturated heterocycles. The van der Waals surface area contributed by atoms with Crippen LogP contribution in [0, 0.1) is 6.92 Å². The first-order chi connectivity index (χ1) is 10.2. The van der Waals surface area contributed by atoms with Crippen molar-refractivity contribution >= 4 is 23.4 Å². The van der Waals surface area contributed by atoms with Crippen LogP contribution in [0.4, 0.5) is 5.69 Å². The van der Waals surface area contributed by atoms with E-state index in [4.69, 9.17) is 0 Å². The fourth-order valence-corrected chi connectivity index (χ4v) is 3.86. The quantitative estimate of drug-likeness (QED) is 0.919. The van der Waals surface area contributed by atoms with E-state index in [1.54, 1.807) is 11.8 Å². The molecule has 3 rings (SSSR count). The zero-order valence-corrected chi connectivity index (χ0v) is 13.2. The summed E-state index contributed by atoms with van der Waals surface area (Å²) in [5.74, 6) is 0.0992. The number of nitrogens with one attached hydrogen (secondary N) is 1. The molecule has 0 spiro atoms. The third-order valence-electron chi connectivity index (χ3n) is 3.79. The highest BCUT2D eigenvalue weighted by Crippen LogP contribution is 2.38. The Bertz CT molecular complexity index is 681. The molecule has 2 aromatic rings. The Morgan fingerprint density at radius 2 is 2.14 bits per heavy atom. The largest absolute Gasteiger partial charge is 0.325 e. The summed E-state index contributed by atoms with van der Waals surface area (Å²) in [4.78, 5) is 13.7. The van der Waals surface area contributed by atoms with Gasteiger partial charge in [-0.05, 0) is 49.1 Å². The Labute approximate surface area is 130 Å². The minimum absolute atomic E-state index is 0.0212. The van der Waals surface area contributed by atoms with Gasteiger partial charge in [-0.25, -0.2) is 0 Å².